The minimum Gasteiger partial charge on any atom is -0.0715 e. The van der Waals surface area contributed by atoms with E-state index in [4.69, 9.17) is 0 Å². The lowest BCUT2D eigenvalue weighted by Crippen LogP contribution is -3.04. The van der Waals surface area contributed by atoms with Crippen molar-refractivity contribution in [2.45, 2.75) is 87.6 Å². The van der Waals surface area contributed by atoms with Gasteiger partial charge in [-0.3, -0.25) is 0 Å². The fraction of sp³-hybridized carbons (Fsp3) is 0.700. The van der Waals surface area contributed by atoms with Gasteiger partial charge in [-0.1, -0.05) is 119 Å². The highest BCUT2D eigenvalue weighted by atomic mass is 29.4. The summed E-state index contributed by atoms with van der Waals surface area (Å²) in [6.45, 7) is 34.5. The first-order valence-corrected chi connectivity index (χ1v) is 31.8. The lowest BCUT2D eigenvalue weighted by molar-refractivity contribution is 1.02. The second kappa shape index (κ2) is 5.36. The van der Waals surface area contributed by atoms with Crippen LogP contribution in [0.1, 0.15) is 5.56 Å². The lowest BCUT2D eigenvalue weighted by Gasteiger charge is -2.85. The molecule has 26 heavy (non-hydrogen) atoms. The van der Waals surface area contributed by atoms with Gasteiger partial charge in [0.25, 0.3) is 0 Å². The summed E-state index contributed by atoms with van der Waals surface area (Å²) in [4.78, 5) is 1.25. The summed E-state index contributed by atoms with van der Waals surface area (Å²) in [5.41, 5.74) is 1.82. The molecule has 1 aromatic rings. The van der Waals surface area contributed by atoms with E-state index in [0.29, 0.717) is 4.28 Å². The van der Waals surface area contributed by atoms with Crippen molar-refractivity contribution in [2.75, 3.05) is 0 Å². The average molecular weight is 451 g/mol. The minimum absolute atomic E-state index is 0.671. The van der Waals surface area contributed by atoms with Crippen LogP contribution in [0.4, 0.5) is 0 Å². The Bertz CT molecular complexity index is 661. The molecule has 0 unspecified atom stereocenters. The Balaban J connectivity index is 2.60. The van der Waals surface area contributed by atoms with Crippen molar-refractivity contribution in [3.8, 4) is 0 Å². The molecule has 3 heterocycles. The molecule has 0 amide bonds. The van der Waals surface area contributed by atoms with Gasteiger partial charge in [-0.15, -0.1) is 0 Å². The second-order valence-electron chi connectivity index (χ2n) is 12.6. The van der Waals surface area contributed by atoms with Gasteiger partial charge in [-0.2, -0.15) is 0 Å². The van der Waals surface area contributed by atoms with E-state index in [-0.39, 0.29) is 0 Å². The molecule has 0 N–H and O–H groups in total. The van der Waals surface area contributed by atoms with Crippen molar-refractivity contribution >= 4 is 45.5 Å². The Morgan fingerprint density at radius 3 is 1.15 bits per heavy atom. The Hall–Kier alpha value is 0.521. The molecule has 3 saturated heterocycles. The van der Waals surface area contributed by atoms with Crippen LogP contribution in [0.25, 0.3) is 0 Å². The fourth-order valence-electron chi connectivity index (χ4n) is 9.35. The van der Waals surface area contributed by atoms with Gasteiger partial charge in [-0.05, 0) is 4.28 Å². The molecule has 2 bridgehead atoms. The van der Waals surface area contributed by atoms with Crippen LogP contribution in [-0.2, 0) is 4.28 Å². The molecule has 6 heteroatoms. The molecule has 0 atom stereocenters. The van der Waals surface area contributed by atoms with Crippen molar-refractivity contribution in [1.29, 1.82) is 0 Å². The van der Waals surface area contributed by atoms with Crippen molar-refractivity contribution in [3.63, 3.8) is 0 Å². The Morgan fingerprint density at radius 2 is 0.846 bits per heavy atom. The highest BCUT2D eigenvalue weighted by Crippen LogP contribution is 2.71. The van der Waals surface area contributed by atoms with Gasteiger partial charge in [0.1, 0.15) is 0 Å². The molecule has 3 aliphatic heterocycles. The summed E-state index contributed by atoms with van der Waals surface area (Å²) < 4.78 is 0.671. The first-order valence-electron chi connectivity index (χ1n) is 10.5. The zero-order valence-corrected chi connectivity index (χ0v) is 25.5. The Labute approximate surface area is 168 Å². The molecule has 1 aromatic carbocycles. The van der Waals surface area contributed by atoms with Crippen LogP contribution < -0.4 is 0 Å². The molecule has 0 nitrogen and oxygen atoms in total. The average Bonchev–Trinajstić information content (AvgIpc) is 2.44. The standard InChI is InChI=1S/C20H42Si6/c1-21(2)19-22(3,4)25(9,10)20(24(21,7)8,18-16-14-13-15-17-18)26(11,12)23(19,5)6/h13-17,19H,1-12H3. The van der Waals surface area contributed by atoms with Crippen LogP contribution in [0.2, 0.25) is 83.4 Å². The quantitative estimate of drug-likeness (QED) is 0.428. The van der Waals surface area contributed by atoms with E-state index in [9.17, 15) is 0 Å². The van der Waals surface area contributed by atoms with Crippen LogP contribution in [0.5, 0.6) is 0 Å². The molecule has 4 rings (SSSR count). The van der Waals surface area contributed by atoms with Crippen LogP contribution >= 0.6 is 0 Å². The van der Waals surface area contributed by atoms with E-state index in [1.165, 1.54) is 4.79 Å². The molecule has 0 spiro atoms. The summed E-state index contributed by atoms with van der Waals surface area (Å²) in [5.74, 6) is 0. The summed E-state index contributed by atoms with van der Waals surface area (Å²) in [7, 11) is -8.03. The maximum atomic E-state index is 2.88. The predicted molar refractivity (Wildman–Crippen MR) is 137 cm³/mol. The van der Waals surface area contributed by atoms with E-state index < -0.39 is 45.5 Å². The van der Waals surface area contributed by atoms with Gasteiger partial charge in [0, 0.05) is 45.5 Å². The first kappa shape index (κ1) is 21.2. The van der Waals surface area contributed by atoms with Crippen molar-refractivity contribution < 1.29 is 0 Å². The Kier molecular flexibility index (Phi) is 4.38. The van der Waals surface area contributed by atoms with Gasteiger partial charge in [0.15, 0.2) is 0 Å². The van der Waals surface area contributed by atoms with Gasteiger partial charge in [0.2, 0.25) is 0 Å². The van der Waals surface area contributed by atoms with Gasteiger partial charge in [0.05, 0.1) is 0 Å². The maximum absolute atomic E-state index is 2.88. The molecular formula is C20H42Si6. The molecule has 0 aliphatic carbocycles. The monoisotopic (exact) mass is 450 g/mol. The normalized spacial score (nSPS) is 37.3. The van der Waals surface area contributed by atoms with Crippen LogP contribution in [0.3, 0.4) is 0 Å². The van der Waals surface area contributed by atoms with Crippen molar-refractivity contribution in [2.24, 2.45) is 0 Å². The van der Waals surface area contributed by atoms with Gasteiger partial charge < -0.3 is 0 Å². The molecule has 3 aliphatic rings. The zero-order chi connectivity index (χ0) is 20.2. The van der Waals surface area contributed by atoms with Crippen LogP contribution in [0.15, 0.2) is 30.3 Å². The van der Waals surface area contributed by atoms with Crippen LogP contribution in [0, 0.1) is 0 Å². The van der Waals surface area contributed by atoms with E-state index in [1.807, 2.05) is 5.56 Å². The number of rotatable bonds is 1. The van der Waals surface area contributed by atoms with Gasteiger partial charge >= 0.3 is 0 Å². The third kappa shape index (κ3) is 1.81. The minimum atomic E-state index is -1.41. The van der Waals surface area contributed by atoms with E-state index in [1.54, 1.807) is 0 Å². The molecule has 0 aromatic heterocycles. The summed E-state index contributed by atoms with van der Waals surface area (Å²) in [6, 6.07) is 12.1. The molecule has 146 valence electrons. The number of benzene rings is 1. The highest BCUT2D eigenvalue weighted by molar-refractivity contribution is 7.76. The lowest BCUT2D eigenvalue weighted by atomic mass is 10.2. The van der Waals surface area contributed by atoms with E-state index >= 15 is 0 Å². The zero-order valence-electron chi connectivity index (χ0n) is 19.5. The maximum Gasteiger partial charge on any atom is 0.0461 e. The smallest absolute Gasteiger partial charge is 0.0461 e. The third-order valence-electron chi connectivity index (χ3n) is 11.0. The van der Waals surface area contributed by atoms with E-state index in [0.717, 1.165) is 0 Å². The number of fused-ring (bicyclic) bond motifs is 3. The fourth-order valence-corrected chi connectivity index (χ4v) is 154. The Morgan fingerprint density at radius 1 is 0.538 bits per heavy atom. The summed E-state index contributed by atoms with van der Waals surface area (Å²) >= 11 is 0. The van der Waals surface area contributed by atoms with Crippen LogP contribution in [-0.4, -0.2) is 45.5 Å². The molecule has 0 saturated carbocycles. The first-order chi connectivity index (χ1) is 11.5. The summed E-state index contributed by atoms with van der Waals surface area (Å²) in [6.07, 6.45) is 0. The topological polar surface area (TPSA) is 0 Å². The predicted octanol–water partition coefficient (Wildman–Crippen LogP) is 6.50. The third-order valence-corrected chi connectivity index (χ3v) is 100. The molecule has 3 fully saturated rings. The molecular weight excluding hydrogens is 409 g/mol. The van der Waals surface area contributed by atoms with E-state index in [2.05, 4.69) is 109 Å². The van der Waals surface area contributed by atoms with Crippen molar-refractivity contribution in [3.05, 3.63) is 35.9 Å². The SMILES string of the molecule is C[Si]1(C)C2[Si](C)(C)[Si](C)(C)C(c3ccccc3)([Si]1(C)C)[Si](C)(C)[Si]2(C)C. The van der Waals surface area contributed by atoms with Crippen molar-refractivity contribution in [1.82, 2.24) is 0 Å². The van der Waals surface area contributed by atoms with Gasteiger partial charge in [-0.25, -0.2) is 0 Å². The number of hydrogen-bond acceptors (Lipinski definition) is 0. The molecule has 0 radical (unpaired) electrons. The highest BCUT2D eigenvalue weighted by Gasteiger charge is 2.87. The second-order valence-corrected chi connectivity index (χ2v) is 62.7. The largest absolute Gasteiger partial charge is 0.0715 e. The number of hydrogen-bond donors (Lipinski definition) is 0. The summed E-state index contributed by atoms with van der Waals surface area (Å²) in [5, 5.41) is 0.